The smallest absolute Gasteiger partial charge is 0.313 e. The van der Waals surface area contributed by atoms with Crippen LogP contribution >= 0.6 is 0 Å². The van der Waals surface area contributed by atoms with Crippen LogP contribution in [0.5, 0.6) is 5.75 Å². The molecule has 9 heteroatoms. The zero-order valence-corrected chi connectivity index (χ0v) is 21.4. The molecule has 3 aromatic carbocycles. The van der Waals surface area contributed by atoms with Crippen molar-refractivity contribution in [2.75, 3.05) is 25.0 Å². The Bertz CT molecular complexity index is 1290. The minimum atomic E-state index is -3.47. The van der Waals surface area contributed by atoms with Crippen molar-refractivity contribution in [3.05, 3.63) is 90.0 Å². The number of nitrogens with one attached hydrogen (secondary N) is 2. The molecule has 0 aromatic heterocycles. The summed E-state index contributed by atoms with van der Waals surface area (Å²) in [6.45, 7) is 1.80. The highest BCUT2D eigenvalue weighted by Gasteiger charge is 2.25. The molecule has 3 aromatic rings. The Balaban J connectivity index is 1.20. The van der Waals surface area contributed by atoms with E-state index in [-0.39, 0.29) is 11.4 Å². The molecule has 1 aliphatic rings. The van der Waals surface area contributed by atoms with E-state index in [1.54, 1.807) is 48.5 Å². The summed E-state index contributed by atoms with van der Waals surface area (Å²) in [5.41, 5.74) is 2.40. The van der Waals surface area contributed by atoms with E-state index in [9.17, 15) is 18.0 Å². The number of piperidine rings is 1. The molecule has 0 radical (unpaired) electrons. The quantitative estimate of drug-likeness (QED) is 0.418. The summed E-state index contributed by atoms with van der Waals surface area (Å²) >= 11 is 0. The summed E-state index contributed by atoms with van der Waals surface area (Å²) in [5, 5.41) is 5.16. The summed E-state index contributed by atoms with van der Waals surface area (Å²) in [6.07, 6.45) is 3.31. The van der Waals surface area contributed by atoms with Gasteiger partial charge in [0, 0.05) is 25.3 Å². The number of anilines is 1. The highest BCUT2D eigenvalue weighted by Crippen LogP contribution is 2.21. The molecule has 194 valence electrons. The predicted molar refractivity (Wildman–Crippen MR) is 142 cm³/mol. The number of hydrogen-bond donors (Lipinski definition) is 2. The molecule has 4 rings (SSSR count). The number of carbonyl (C=O) groups is 2. The predicted octanol–water partition coefficient (Wildman–Crippen LogP) is 3.74. The molecular weight excluding hydrogens is 490 g/mol. The maximum absolute atomic E-state index is 12.8. The fourth-order valence-electron chi connectivity index (χ4n) is 4.05. The molecule has 8 nitrogen and oxygen atoms in total. The number of hydrogen-bond acceptors (Lipinski definition) is 5. The SMILES string of the molecule is O=C(NCCc1ccc(S(=O)(=O)N2CCCCC2)cc1)C(=O)Nc1ccc(OCc2ccccc2)cc1. The molecule has 0 saturated carbocycles. The van der Waals surface area contributed by atoms with Crippen LogP contribution in [0.2, 0.25) is 0 Å². The van der Waals surface area contributed by atoms with Gasteiger partial charge in [0.15, 0.2) is 0 Å². The van der Waals surface area contributed by atoms with E-state index in [0.29, 0.717) is 37.6 Å². The van der Waals surface area contributed by atoms with Gasteiger partial charge in [0.05, 0.1) is 4.90 Å². The maximum atomic E-state index is 12.8. The lowest BCUT2D eigenvalue weighted by Crippen LogP contribution is -2.36. The van der Waals surface area contributed by atoms with Crippen molar-refractivity contribution in [2.24, 2.45) is 0 Å². The van der Waals surface area contributed by atoms with Crippen LogP contribution in [0.4, 0.5) is 5.69 Å². The van der Waals surface area contributed by atoms with Crippen LogP contribution in [0.1, 0.15) is 30.4 Å². The van der Waals surface area contributed by atoms with Gasteiger partial charge in [-0.15, -0.1) is 0 Å². The van der Waals surface area contributed by atoms with Crippen molar-refractivity contribution in [1.29, 1.82) is 0 Å². The van der Waals surface area contributed by atoms with E-state index >= 15 is 0 Å². The number of carbonyl (C=O) groups excluding carboxylic acids is 2. The molecule has 37 heavy (non-hydrogen) atoms. The van der Waals surface area contributed by atoms with Crippen LogP contribution in [-0.4, -0.2) is 44.2 Å². The lowest BCUT2D eigenvalue weighted by atomic mass is 10.1. The second-order valence-electron chi connectivity index (χ2n) is 8.87. The number of rotatable bonds is 9. The molecule has 1 aliphatic heterocycles. The van der Waals surface area contributed by atoms with Gasteiger partial charge in [-0.05, 0) is 66.8 Å². The number of ether oxygens (including phenoxy) is 1. The average Bonchev–Trinajstić information content (AvgIpc) is 2.94. The van der Waals surface area contributed by atoms with Gasteiger partial charge in [-0.3, -0.25) is 9.59 Å². The van der Waals surface area contributed by atoms with Gasteiger partial charge in [0.1, 0.15) is 12.4 Å². The summed E-state index contributed by atoms with van der Waals surface area (Å²) in [4.78, 5) is 24.7. The molecule has 1 saturated heterocycles. The monoisotopic (exact) mass is 521 g/mol. The fourth-order valence-corrected chi connectivity index (χ4v) is 5.56. The molecule has 0 aliphatic carbocycles. The maximum Gasteiger partial charge on any atom is 0.313 e. The first-order chi connectivity index (χ1) is 17.9. The molecule has 1 heterocycles. The molecule has 2 N–H and O–H groups in total. The standard InChI is InChI=1S/C28H31N3O5S/c32-27(28(33)30-24-11-13-25(14-12-24)36-21-23-7-3-1-4-8-23)29-18-17-22-9-15-26(16-10-22)37(34,35)31-19-5-2-6-20-31/h1,3-4,7-16H,2,5-6,17-21H2,(H,29,32)(H,30,33). The Morgan fingerprint density at radius 3 is 2.14 bits per heavy atom. The first-order valence-electron chi connectivity index (χ1n) is 12.4. The van der Waals surface area contributed by atoms with E-state index in [1.165, 1.54) is 4.31 Å². The van der Waals surface area contributed by atoms with E-state index in [1.807, 2.05) is 30.3 Å². The molecule has 0 unspecified atom stereocenters. The van der Waals surface area contributed by atoms with Gasteiger partial charge in [0.25, 0.3) is 0 Å². The number of nitrogens with zero attached hydrogens (tertiary/aromatic N) is 1. The van der Waals surface area contributed by atoms with E-state index in [2.05, 4.69) is 10.6 Å². The van der Waals surface area contributed by atoms with Crippen LogP contribution in [0, 0.1) is 0 Å². The highest BCUT2D eigenvalue weighted by atomic mass is 32.2. The lowest BCUT2D eigenvalue weighted by Gasteiger charge is -2.25. The van der Waals surface area contributed by atoms with Crippen LogP contribution in [0.3, 0.4) is 0 Å². The highest BCUT2D eigenvalue weighted by molar-refractivity contribution is 7.89. The Labute approximate surface area is 217 Å². The van der Waals surface area contributed by atoms with Crippen LogP contribution < -0.4 is 15.4 Å². The van der Waals surface area contributed by atoms with Gasteiger partial charge >= 0.3 is 11.8 Å². The molecule has 0 bridgehead atoms. The number of benzene rings is 3. The van der Waals surface area contributed by atoms with Crippen molar-refractivity contribution in [1.82, 2.24) is 9.62 Å². The van der Waals surface area contributed by atoms with E-state index in [4.69, 9.17) is 4.74 Å². The van der Waals surface area contributed by atoms with Gasteiger partial charge in [0.2, 0.25) is 10.0 Å². The van der Waals surface area contributed by atoms with Crippen LogP contribution in [0.15, 0.2) is 83.8 Å². The molecular formula is C28H31N3O5S. The van der Waals surface area contributed by atoms with Crippen LogP contribution in [-0.2, 0) is 32.6 Å². The second kappa shape index (κ2) is 12.5. The zero-order chi connectivity index (χ0) is 26.1. The minimum Gasteiger partial charge on any atom is -0.489 e. The number of amides is 2. The first-order valence-corrected chi connectivity index (χ1v) is 13.8. The van der Waals surface area contributed by atoms with Crippen molar-refractivity contribution < 1.29 is 22.7 Å². The van der Waals surface area contributed by atoms with Gasteiger partial charge in [-0.1, -0.05) is 48.9 Å². The zero-order valence-electron chi connectivity index (χ0n) is 20.6. The van der Waals surface area contributed by atoms with Crippen molar-refractivity contribution in [3.8, 4) is 5.75 Å². The normalized spacial score (nSPS) is 14.1. The van der Waals surface area contributed by atoms with Crippen molar-refractivity contribution in [2.45, 2.75) is 37.2 Å². The Morgan fingerprint density at radius 1 is 0.784 bits per heavy atom. The lowest BCUT2D eigenvalue weighted by molar-refractivity contribution is -0.136. The fraction of sp³-hybridized carbons (Fsp3) is 0.286. The Morgan fingerprint density at radius 2 is 1.46 bits per heavy atom. The third kappa shape index (κ3) is 7.41. The van der Waals surface area contributed by atoms with E-state index in [0.717, 1.165) is 30.4 Å². The van der Waals surface area contributed by atoms with Crippen LogP contribution in [0.25, 0.3) is 0 Å². The largest absolute Gasteiger partial charge is 0.489 e. The summed E-state index contributed by atoms with van der Waals surface area (Å²) in [5.74, 6) is -0.851. The van der Waals surface area contributed by atoms with Crippen molar-refractivity contribution in [3.63, 3.8) is 0 Å². The van der Waals surface area contributed by atoms with Crippen molar-refractivity contribution >= 4 is 27.5 Å². The Kier molecular flexibility index (Phi) is 8.92. The molecule has 0 atom stereocenters. The molecule has 1 fully saturated rings. The first kappa shape index (κ1) is 26.4. The summed E-state index contributed by atoms with van der Waals surface area (Å²) < 4.78 is 32.8. The molecule has 2 amide bonds. The Hall–Kier alpha value is -3.69. The van der Waals surface area contributed by atoms with Gasteiger partial charge in [-0.25, -0.2) is 8.42 Å². The summed E-state index contributed by atoms with van der Waals surface area (Å²) in [7, 11) is -3.47. The third-order valence-corrected chi connectivity index (χ3v) is 8.06. The minimum absolute atomic E-state index is 0.247. The van der Waals surface area contributed by atoms with E-state index < -0.39 is 21.8 Å². The van der Waals surface area contributed by atoms with Gasteiger partial charge < -0.3 is 15.4 Å². The summed E-state index contributed by atoms with van der Waals surface area (Å²) in [6, 6.07) is 23.3. The second-order valence-corrected chi connectivity index (χ2v) is 10.8. The van der Waals surface area contributed by atoms with Gasteiger partial charge in [-0.2, -0.15) is 4.31 Å². The topological polar surface area (TPSA) is 105 Å². The average molecular weight is 522 g/mol. The molecule has 0 spiro atoms. The third-order valence-electron chi connectivity index (χ3n) is 6.14. The number of sulfonamides is 1.